The number of rotatable bonds is 1. The topological polar surface area (TPSA) is 9.23 Å². The summed E-state index contributed by atoms with van der Waals surface area (Å²) in [7, 11) is 0. The van der Waals surface area contributed by atoms with E-state index in [9.17, 15) is 13.2 Å². The summed E-state index contributed by atoms with van der Waals surface area (Å²) in [5, 5.41) is 0. The highest BCUT2D eigenvalue weighted by molar-refractivity contribution is 4.85. The van der Waals surface area contributed by atoms with Gasteiger partial charge in [-0.05, 0) is 37.5 Å². The lowest BCUT2D eigenvalue weighted by atomic mass is 9.78. The van der Waals surface area contributed by atoms with Crippen molar-refractivity contribution in [3.05, 3.63) is 0 Å². The summed E-state index contributed by atoms with van der Waals surface area (Å²) in [5.74, 6) is 0.244. The zero-order chi connectivity index (χ0) is 10.2. The molecule has 1 nitrogen and oxygen atoms in total. The molecule has 2 aliphatic rings. The molecular formula is C10H15F3O. The fraction of sp³-hybridized carbons (Fsp3) is 1.00. The second-order valence-electron chi connectivity index (χ2n) is 4.46. The van der Waals surface area contributed by atoms with Crippen molar-refractivity contribution in [2.75, 3.05) is 6.61 Å². The standard InChI is InChI=1S/C10H15F3O/c11-10(12,13)6-7-1-2-9-8(5-7)3-4-14-9/h7-9H,1-6H2. The summed E-state index contributed by atoms with van der Waals surface area (Å²) in [4.78, 5) is 0. The Bertz CT molecular complexity index is 202. The first-order chi connectivity index (χ1) is 6.54. The van der Waals surface area contributed by atoms with Crippen LogP contribution < -0.4 is 0 Å². The predicted molar refractivity (Wildman–Crippen MR) is 45.9 cm³/mol. The van der Waals surface area contributed by atoms with E-state index >= 15 is 0 Å². The van der Waals surface area contributed by atoms with E-state index in [1.807, 2.05) is 0 Å². The highest BCUT2D eigenvalue weighted by atomic mass is 19.4. The van der Waals surface area contributed by atoms with Gasteiger partial charge in [0.25, 0.3) is 0 Å². The van der Waals surface area contributed by atoms with E-state index in [-0.39, 0.29) is 12.0 Å². The molecule has 3 atom stereocenters. The summed E-state index contributed by atoms with van der Waals surface area (Å²) < 4.78 is 41.9. The number of halogens is 3. The van der Waals surface area contributed by atoms with E-state index in [1.165, 1.54) is 0 Å². The molecule has 4 heteroatoms. The van der Waals surface area contributed by atoms with E-state index in [1.54, 1.807) is 0 Å². The molecule has 1 heterocycles. The summed E-state index contributed by atoms with van der Waals surface area (Å²) in [6.45, 7) is 0.744. The predicted octanol–water partition coefficient (Wildman–Crippen LogP) is 3.14. The van der Waals surface area contributed by atoms with Gasteiger partial charge in [-0.3, -0.25) is 0 Å². The maximum atomic E-state index is 12.2. The van der Waals surface area contributed by atoms with Crippen LogP contribution in [0.3, 0.4) is 0 Å². The lowest BCUT2D eigenvalue weighted by Crippen LogP contribution is -2.28. The van der Waals surface area contributed by atoms with Gasteiger partial charge in [-0.25, -0.2) is 0 Å². The van der Waals surface area contributed by atoms with Crippen LogP contribution >= 0.6 is 0 Å². The third kappa shape index (κ3) is 2.41. The zero-order valence-corrected chi connectivity index (χ0v) is 8.02. The smallest absolute Gasteiger partial charge is 0.378 e. The highest BCUT2D eigenvalue weighted by Gasteiger charge is 2.39. The second kappa shape index (κ2) is 3.72. The van der Waals surface area contributed by atoms with Crippen LogP contribution in [0.1, 0.15) is 32.1 Å². The van der Waals surface area contributed by atoms with Crippen molar-refractivity contribution in [1.29, 1.82) is 0 Å². The SMILES string of the molecule is FC(F)(F)CC1CCC2OCCC2C1. The molecule has 0 N–H and O–H groups in total. The van der Waals surface area contributed by atoms with Gasteiger partial charge >= 0.3 is 6.18 Å². The molecular weight excluding hydrogens is 193 g/mol. The van der Waals surface area contributed by atoms with Gasteiger partial charge in [0.05, 0.1) is 6.10 Å². The summed E-state index contributed by atoms with van der Waals surface area (Å²) >= 11 is 0. The van der Waals surface area contributed by atoms with Crippen molar-refractivity contribution < 1.29 is 17.9 Å². The summed E-state index contributed by atoms with van der Waals surface area (Å²) in [5.41, 5.74) is 0. The Hall–Kier alpha value is -0.250. The molecule has 14 heavy (non-hydrogen) atoms. The van der Waals surface area contributed by atoms with E-state index in [0.717, 1.165) is 19.4 Å². The molecule has 82 valence electrons. The minimum atomic E-state index is -3.99. The van der Waals surface area contributed by atoms with Crippen LogP contribution in [0.25, 0.3) is 0 Å². The van der Waals surface area contributed by atoms with Gasteiger partial charge in [-0.15, -0.1) is 0 Å². The molecule has 0 aromatic carbocycles. The van der Waals surface area contributed by atoms with Crippen LogP contribution in [0, 0.1) is 11.8 Å². The van der Waals surface area contributed by atoms with Crippen LogP contribution in [0.4, 0.5) is 13.2 Å². The first kappa shape index (κ1) is 10.3. The van der Waals surface area contributed by atoms with Crippen molar-refractivity contribution in [3.8, 4) is 0 Å². The summed E-state index contributed by atoms with van der Waals surface area (Å²) in [6.07, 6.45) is -1.15. The molecule has 0 spiro atoms. The molecule has 0 aromatic heterocycles. The molecule has 2 fully saturated rings. The van der Waals surface area contributed by atoms with Crippen molar-refractivity contribution in [2.45, 2.75) is 44.4 Å². The fourth-order valence-corrected chi connectivity index (χ4v) is 2.74. The molecule has 1 aliphatic carbocycles. The lowest BCUT2D eigenvalue weighted by Gasteiger charge is -2.31. The van der Waals surface area contributed by atoms with Gasteiger partial charge in [-0.2, -0.15) is 13.2 Å². The molecule has 1 saturated heterocycles. The van der Waals surface area contributed by atoms with E-state index < -0.39 is 12.6 Å². The minimum Gasteiger partial charge on any atom is -0.378 e. The number of hydrogen-bond donors (Lipinski definition) is 0. The minimum absolute atomic E-state index is 0.155. The first-order valence-corrected chi connectivity index (χ1v) is 5.23. The highest BCUT2D eigenvalue weighted by Crippen LogP contribution is 2.41. The third-order valence-corrected chi connectivity index (χ3v) is 3.36. The Kier molecular flexibility index (Phi) is 2.73. The average molecular weight is 208 g/mol. The Balaban J connectivity index is 1.85. The largest absolute Gasteiger partial charge is 0.389 e. The molecule has 2 rings (SSSR count). The average Bonchev–Trinajstić information content (AvgIpc) is 2.47. The Morgan fingerprint density at radius 2 is 1.93 bits per heavy atom. The van der Waals surface area contributed by atoms with Crippen LogP contribution in [-0.2, 0) is 4.74 Å². The Morgan fingerprint density at radius 1 is 1.14 bits per heavy atom. The van der Waals surface area contributed by atoms with E-state index in [2.05, 4.69) is 0 Å². The van der Waals surface area contributed by atoms with Crippen molar-refractivity contribution >= 4 is 0 Å². The Labute approximate surface area is 81.6 Å². The monoisotopic (exact) mass is 208 g/mol. The number of hydrogen-bond acceptors (Lipinski definition) is 1. The van der Waals surface area contributed by atoms with Crippen molar-refractivity contribution in [1.82, 2.24) is 0 Å². The van der Waals surface area contributed by atoms with Crippen LogP contribution in [0.5, 0.6) is 0 Å². The number of ether oxygens (including phenoxy) is 1. The molecule has 0 bridgehead atoms. The number of alkyl halides is 3. The van der Waals surface area contributed by atoms with Gasteiger partial charge in [0, 0.05) is 13.0 Å². The van der Waals surface area contributed by atoms with Gasteiger partial charge in [0.1, 0.15) is 0 Å². The number of fused-ring (bicyclic) bond motifs is 1. The zero-order valence-electron chi connectivity index (χ0n) is 8.02. The van der Waals surface area contributed by atoms with Crippen LogP contribution in [0.2, 0.25) is 0 Å². The lowest BCUT2D eigenvalue weighted by molar-refractivity contribution is -0.149. The van der Waals surface area contributed by atoms with Crippen molar-refractivity contribution in [3.63, 3.8) is 0 Å². The molecule has 1 aliphatic heterocycles. The van der Waals surface area contributed by atoms with Crippen molar-refractivity contribution in [2.24, 2.45) is 11.8 Å². The molecule has 0 amide bonds. The van der Waals surface area contributed by atoms with Crippen LogP contribution in [0.15, 0.2) is 0 Å². The first-order valence-electron chi connectivity index (χ1n) is 5.23. The second-order valence-corrected chi connectivity index (χ2v) is 4.46. The normalized spacial score (nSPS) is 38.4. The van der Waals surface area contributed by atoms with E-state index in [4.69, 9.17) is 4.74 Å². The maximum absolute atomic E-state index is 12.2. The Morgan fingerprint density at radius 3 is 2.64 bits per heavy atom. The van der Waals surface area contributed by atoms with Gasteiger partial charge in [-0.1, -0.05) is 0 Å². The quantitative estimate of drug-likeness (QED) is 0.643. The third-order valence-electron chi connectivity index (χ3n) is 3.36. The maximum Gasteiger partial charge on any atom is 0.389 e. The molecule has 3 unspecified atom stereocenters. The fourth-order valence-electron chi connectivity index (χ4n) is 2.74. The molecule has 1 saturated carbocycles. The van der Waals surface area contributed by atoms with Gasteiger partial charge in [0.15, 0.2) is 0 Å². The molecule has 0 aromatic rings. The molecule has 0 radical (unpaired) electrons. The van der Waals surface area contributed by atoms with Gasteiger partial charge < -0.3 is 4.74 Å². The van der Waals surface area contributed by atoms with Crippen LogP contribution in [-0.4, -0.2) is 18.9 Å². The van der Waals surface area contributed by atoms with Gasteiger partial charge in [0.2, 0.25) is 0 Å². The summed E-state index contributed by atoms with van der Waals surface area (Å²) in [6, 6.07) is 0. The van der Waals surface area contributed by atoms with E-state index in [0.29, 0.717) is 18.8 Å².